The average Bonchev–Trinajstić information content (AvgIpc) is 2.19. The van der Waals surface area contributed by atoms with Crippen molar-refractivity contribution in [2.45, 2.75) is 32.9 Å². The highest BCUT2D eigenvalue weighted by Gasteiger charge is 2.19. The summed E-state index contributed by atoms with van der Waals surface area (Å²) < 4.78 is 5.26. The zero-order valence-electron chi connectivity index (χ0n) is 10.9. The number of hydrogen-bond donors (Lipinski definition) is 1. The maximum Gasteiger partial charge on any atom is 0.410 e. The molecule has 94 valence electrons. The molecule has 2 N–H and O–H groups in total. The number of ether oxygens (including phenoxy) is 1. The van der Waals surface area contributed by atoms with Crippen molar-refractivity contribution in [2.75, 3.05) is 12.8 Å². The first-order chi connectivity index (χ1) is 7.78. The number of carbonyl (C=O) groups excluding carboxylic acids is 1. The molecule has 0 bridgehead atoms. The molecule has 0 aliphatic rings. The Bertz CT molecular complexity index is 379. The van der Waals surface area contributed by atoms with Crippen molar-refractivity contribution in [3.05, 3.63) is 29.8 Å². The largest absolute Gasteiger partial charge is 0.444 e. The molecule has 0 aromatic heterocycles. The predicted octanol–water partition coefficient (Wildman–Crippen LogP) is 2.64. The number of carbonyl (C=O) groups is 1. The maximum absolute atomic E-state index is 11.7. The fraction of sp³-hybridized carbons (Fsp3) is 0.462. The molecule has 4 nitrogen and oxygen atoms in total. The van der Waals surface area contributed by atoms with Crippen molar-refractivity contribution < 1.29 is 9.53 Å². The Morgan fingerprint density at radius 1 is 1.29 bits per heavy atom. The standard InChI is InChI=1S/C13H20N2O2/c1-13(2,3)17-12(16)15(4)9-10-5-7-11(14)8-6-10/h5-8H,9,14H2,1-4H3. The van der Waals surface area contributed by atoms with Gasteiger partial charge in [0.05, 0.1) is 0 Å². The van der Waals surface area contributed by atoms with Gasteiger partial charge in [0.2, 0.25) is 0 Å². The van der Waals surface area contributed by atoms with E-state index in [1.165, 1.54) is 4.90 Å². The third-order valence-electron chi connectivity index (χ3n) is 2.10. The Hall–Kier alpha value is -1.71. The molecule has 4 heteroatoms. The molecular formula is C13H20N2O2. The molecule has 0 radical (unpaired) electrons. The van der Waals surface area contributed by atoms with Crippen LogP contribution in [0.1, 0.15) is 26.3 Å². The number of nitrogens with zero attached hydrogens (tertiary/aromatic N) is 1. The van der Waals surface area contributed by atoms with Crippen LogP contribution >= 0.6 is 0 Å². The van der Waals surface area contributed by atoms with E-state index in [-0.39, 0.29) is 6.09 Å². The van der Waals surface area contributed by atoms with E-state index in [4.69, 9.17) is 10.5 Å². The molecule has 0 saturated heterocycles. The van der Waals surface area contributed by atoms with E-state index in [1.807, 2.05) is 45.0 Å². The second kappa shape index (κ2) is 5.08. The van der Waals surface area contributed by atoms with E-state index in [0.717, 1.165) is 5.56 Å². The smallest absolute Gasteiger partial charge is 0.410 e. The molecule has 0 atom stereocenters. The van der Waals surface area contributed by atoms with Gasteiger partial charge < -0.3 is 15.4 Å². The lowest BCUT2D eigenvalue weighted by molar-refractivity contribution is 0.0285. The van der Waals surface area contributed by atoms with Crippen LogP contribution in [0.5, 0.6) is 0 Å². The van der Waals surface area contributed by atoms with Gasteiger partial charge in [-0.05, 0) is 38.5 Å². The molecule has 0 unspecified atom stereocenters. The third-order valence-corrected chi connectivity index (χ3v) is 2.10. The molecule has 17 heavy (non-hydrogen) atoms. The normalized spacial score (nSPS) is 11.1. The van der Waals surface area contributed by atoms with Crippen LogP contribution in [0.2, 0.25) is 0 Å². The fourth-order valence-corrected chi connectivity index (χ4v) is 1.30. The van der Waals surface area contributed by atoms with Gasteiger partial charge in [-0.25, -0.2) is 4.79 Å². The van der Waals surface area contributed by atoms with Crippen LogP contribution in [0.4, 0.5) is 10.5 Å². The first-order valence-electron chi connectivity index (χ1n) is 5.56. The maximum atomic E-state index is 11.7. The molecule has 1 aromatic carbocycles. The summed E-state index contributed by atoms with van der Waals surface area (Å²) >= 11 is 0. The van der Waals surface area contributed by atoms with E-state index in [1.54, 1.807) is 7.05 Å². The summed E-state index contributed by atoms with van der Waals surface area (Å²) in [6.07, 6.45) is -0.325. The summed E-state index contributed by atoms with van der Waals surface area (Å²) in [5, 5.41) is 0. The minimum Gasteiger partial charge on any atom is -0.444 e. The Labute approximate surface area is 102 Å². The molecule has 1 rings (SSSR count). The molecule has 0 fully saturated rings. The molecule has 0 saturated carbocycles. The van der Waals surface area contributed by atoms with E-state index >= 15 is 0 Å². The van der Waals surface area contributed by atoms with Crippen LogP contribution in [-0.4, -0.2) is 23.6 Å². The van der Waals surface area contributed by atoms with Crippen molar-refractivity contribution in [3.63, 3.8) is 0 Å². The summed E-state index contributed by atoms with van der Waals surface area (Å²) in [5.41, 5.74) is 6.87. The van der Waals surface area contributed by atoms with Crippen molar-refractivity contribution in [2.24, 2.45) is 0 Å². The lowest BCUT2D eigenvalue weighted by atomic mass is 10.2. The quantitative estimate of drug-likeness (QED) is 0.803. The highest BCUT2D eigenvalue weighted by molar-refractivity contribution is 5.67. The van der Waals surface area contributed by atoms with Crippen molar-refractivity contribution in [1.29, 1.82) is 0 Å². The minimum atomic E-state index is -0.466. The lowest BCUT2D eigenvalue weighted by Gasteiger charge is -2.24. The SMILES string of the molecule is CN(Cc1ccc(N)cc1)C(=O)OC(C)(C)C. The van der Waals surface area contributed by atoms with Gasteiger partial charge in [-0.2, -0.15) is 0 Å². The number of nitrogens with two attached hydrogens (primary N) is 1. The van der Waals surface area contributed by atoms with Gasteiger partial charge in [0.15, 0.2) is 0 Å². The summed E-state index contributed by atoms with van der Waals surface area (Å²) in [6.45, 7) is 6.06. The second-order valence-corrected chi connectivity index (χ2v) is 5.08. The average molecular weight is 236 g/mol. The summed E-state index contributed by atoms with van der Waals surface area (Å²) in [6, 6.07) is 7.43. The highest BCUT2D eigenvalue weighted by atomic mass is 16.6. The first kappa shape index (κ1) is 13.4. The van der Waals surface area contributed by atoms with Crippen LogP contribution < -0.4 is 5.73 Å². The first-order valence-corrected chi connectivity index (χ1v) is 5.56. The number of anilines is 1. The summed E-state index contributed by atoms with van der Waals surface area (Å²) in [4.78, 5) is 13.2. The topological polar surface area (TPSA) is 55.6 Å². The summed E-state index contributed by atoms with van der Waals surface area (Å²) in [5.74, 6) is 0. The number of amides is 1. The number of rotatable bonds is 2. The molecule has 0 spiro atoms. The molecule has 0 aliphatic carbocycles. The Morgan fingerprint density at radius 3 is 2.29 bits per heavy atom. The van der Waals surface area contributed by atoms with Gasteiger partial charge in [-0.3, -0.25) is 0 Å². The Morgan fingerprint density at radius 2 is 1.82 bits per heavy atom. The summed E-state index contributed by atoms with van der Waals surface area (Å²) in [7, 11) is 1.71. The molecular weight excluding hydrogens is 216 g/mol. The molecule has 0 aliphatic heterocycles. The Kier molecular flexibility index (Phi) is 3.99. The van der Waals surface area contributed by atoms with Crippen molar-refractivity contribution in [3.8, 4) is 0 Å². The molecule has 1 amide bonds. The van der Waals surface area contributed by atoms with Gasteiger partial charge >= 0.3 is 6.09 Å². The predicted molar refractivity (Wildman–Crippen MR) is 68.6 cm³/mol. The Balaban J connectivity index is 2.57. The molecule has 1 aromatic rings. The van der Waals surface area contributed by atoms with Gasteiger partial charge in [0, 0.05) is 19.3 Å². The van der Waals surface area contributed by atoms with E-state index < -0.39 is 5.60 Å². The lowest BCUT2D eigenvalue weighted by Crippen LogP contribution is -2.33. The number of nitrogen functional groups attached to an aromatic ring is 1. The minimum absolute atomic E-state index is 0.325. The van der Waals surface area contributed by atoms with Gasteiger partial charge in [0.25, 0.3) is 0 Å². The van der Waals surface area contributed by atoms with Crippen LogP contribution in [0.25, 0.3) is 0 Å². The van der Waals surface area contributed by atoms with E-state index in [9.17, 15) is 4.79 Å². The highest BCUT2D eigenvalue weighted by Crippen LogP contribution is 2.12. The number of benzene rings is 1. The van der Waals surface area contributed by atoms with Crippen LogP contribution in [0.15, 0.2) is 24.3 Å². The monoisotopic (exact) mass is 236 g/mol. The zero-order chi connectivity index (χ0) is 13.1. The van der Waals surface area contributed by atoms with Crippen LogP contribution in [0.3, 0.4) is 0 Å². The fourth-order valence-electron chi connectivity index (χ4n) is 1.30. The molecule has 0 heterocycles. The van der Waals surface area contributed by atoms with E-state index in [0.29, 0.717) is 12.2 Å². The van der Waals surface area contributed by atoms with Crippen LogP contribution in [0, 0.1) is 0 Å². The number of hydrogen-bond acceptors (Lipinski definition) is 3. The van der Waals surface area contributed by atoms with Gasteiger partial charge in [-0.15, -0.1) is 0 Å². The van der Waals surface area contributed by atoms with Gasteiger partial charge in [0.1, 0.15) is 5.60 Å². The van der Waals surface area contributed by atoms with Crippen LogP contribution in [-0.2, 0) is 11.3 Å². The zero-order valence-corrected chi connectivity index (χ0v) is 10.9. The third kappa shape index (κ3) is 4.76. The van der Waals surface area contributed by atoms with Gasteiger partial charge in [-0.1, -0.05) is 12.1 Å². The second-order valence-electron chi connectivity index (χ2n) is 5.08. The van der Waals surface area contributed by atoms with Crippen molar-refractivity contribution >= 4 is 11.8 Å². The van der Waals surface area contributed by atoms with E-state index in [2.05, 4.69) is 0 Å². The van der Waals surface area contributed by atoms with Crippen molar-refractivity contribution in [1.82, 2.24) is 4.90 Å².